The Kier molecular flexibility index (Phi) is 16.1. The Hall–Kier alpha value is -3.26. The highest BCUT2D eigenvalue weighted by molar-refractivity contribution is 8.13. The Morgan fingerprint density at radius 2 is 1.62 bits per heavy atom. The molecule has 1 aliphatic heterocycles. The maximum absolute atomic E-state index is 13.8. The zero-order valence-electron chi connectivity index (χ0n) is 28.6. The predicted octanol–water partition coefficient (Wildman–Crippen LogP) is 3.52. The van der Waals surface area contributed by atoms with Gasteiger partial charge in [-0.1, -0.05) is 74.5 Å². The van der Waals surface area contributed by atoms with Gasteiger partial charge in [0.1, 0.15) is 12.6 Å². The summed E-state index contributed by atoms with van der Waals surface area (Å²) >= 11 is 5.85. The van der Waals surface area contributed by atoms with E-state index in [0.717, 1.165) is 11.1 Å². The zero-order valence-corrected chi connectivity index (χ0v) is 30.3. The number of benzene rings is 2. The number of hydrogen-bond acceptors (Lipinski definition) is 9. The van der Waals surface area contributed by atoms with E-state index in [0.29, 0.717) is 31.7 Å². The van der Waals surface area contributed by atoms with Crippen molar-refractivity contribution in [3.63, 3.8) is 0 Å². The maximum atomic E-state index is 13.8. The molecular weight excluding hydrogens is 649 g/mol. The van der Waals surface area contributed by atoms with Gasteiger partial charge in [-0.3, -0.25) is 9.79 Å². The topological polar surface area (TPSA) is 144 Å². The standard InChI is InChI=1S/C35H52N6O5S2/c1-24(2)31(40-33(44)41(5)19-28(20-47)36-4)32(43)38-27(16-25-12-8-6-9-13-25)18-30(42)29(17-26-14-10-7-11-15-26)39-34(45)46-22-35(3)21-37-23-48-35/h6-15,23-24,27-31,36,42,47H,16-22H2,1-5H3,(H,38,43)(H,39,45)(H,40,44)/t27-,28?,29-,30-,31-,35?/m0/s1. The monoisotopic (exact) mass is 700 g/mol. The average Bonchev–Trinajstić information content (AvgIpc) is 3.51. The summed E-state index contributed by atoms with van der Waals surface area (Å²) in [6, 6.07) is 16.9. The first-order valence-corrected chi connectivity index (χ1v) is 17.9. The third kappa shape index (κ3) is 13.0. The van der Waals surface area contributed by atoms with Gasteiger partial charge < -0.3 is 36.0 Å². The van der Waals surface area contributed by atoms with Crippen molar-refractivity contribution in [2.24, 2.45) is 10.9 Å². The van der Waals surface area contributed by atoms with Crippen LogP contribution < -0.4 is 21.3 Å². The second kappa shape index (κ2) is 19.7. The molecule has 0 fully saturated rings. The molecular formula is C35H52N6O5S2. The van der Waals surface area contributed by atoms with E-state index < -0.39 is 30.3 Å². The lowest BCUT2D eigenvalue weighted by Gasteiger charge is -2.31. The molecule has 1 aliphatic rings. The van der Waals surface area contributed by atoms with Crippen molar-refractivity contribution in [1.29, 1.82) is 0 Å². The SMILES string of the molecule is CNC(CS)CN(C)C(=O)N[C@H](C(=O)N[C@@H](Cc1ccccc1)C[C@H](O)[C@H](Cc1ccccc1)NC(=O)OCC1(C)CN=CS1)C(C)C. The summed E-state index contributed by atoms with van der Waals surface area (Å²) in [5.41, 5.74) is 3.67. The minimum atomic E-state index is -1.04. The van der Waals surface area contributed by atoms with E-state index in [4.69, 9.17) is 4.74 Å². The van der Waals surface area contributed by atoms with Crippen LogP contribution in [0.25, 0.3) is 0 Å². The van der Waals surface area contributed by atoms with Crippen molar-refractivity contribution in [2.75, 3.05) is 39.5 Å². The van der Waals surface area contributed by atoms with Gasteiger partial charge in [-0.15, -0.1) is 11.8 Å². The Bertz CT molecular complexity index is 1310. The van der Waals surface area contributed by atoms with Crippen LogP contribution in [0.4, 0.5) is 9.59 Å². The first kappa shape index (κ1) is 39.2. The Morgan fingerprint density at radius 3 is 2.17 bits per heavy atom. The van der Waals surface area contributed by atoms with Crippen LogP contribution in [-0.4, -0.2) is 108 Å². The van der Waals surface area contributed by atoms with Crippen LogP contribution in [0.1, 0.15) is 38.3 Å². The zero-order chi connectivity index (χ0) is 35.1. The van der Waals surface area contributed by atoms with Gasteiger partial charge in [0, 0.05) is 31.4 Å². The Balaban J connectivity index is 1.76. The fourth-order valence-electron chi connectivity index (χ4n) is 5.34. The van der Waals surface area contributed by atoms with Crippen molar-refractivity contribution in [1.82, 2.24) is 26.2 Å². The third-order valence-electron chi connectivity index (χ3n) is 8.31. The van der Waals surface area contributed by atoms with E-state index >= 15 is 0 Å². The number of aliphatic hydroxyl groups excluding tert-OH is 1. The van der Waals surface area contributed by atoms with Crippen LogP contribution >= 0.6 is 24.4 Å². The second-order valence-corrected chi connectivity index (χ2v) is 14.7. The number of thioether (sulfide) groups is 1. The molecule has 2 unspecified atom stereocenters. The van der Waals surface area contributed by atoms with E-state index in [-0.39, 0.29) is 41.7 Å². The number of nitrogens with one attached hydrogen (secondary N) is 4. The molecule has 0 spiro atoms. The molecule has 264 valence electrons. The summed E-state index contributed by atoms with van der Waals surface area (Å²) in [7, 11) is 3.49. The van der Waals surface area contributed by atoms with Gasteiger partial charge in [-0.25, -0.2) is 9.59 Å². The van der Waals surface area contributed by atoms with Crippen LogP contribution in [-0.2, 0) is 22.4 Å². The van der Waals surface area contributed by atoms with E-state index in [9.17, 15) is 19.5 Å². The van der Waals surface area contributed by atoms with Crippen LogP contribution in [0.2, 0.25) is 0 Å². The highest BCUT2D eigenvalue weighted by Crippen LogP contribution is 2.28. The molecule has 0 saturated heterocycles. The summed E-state index contributed by atoms with van der Waals surface area (Å²) in [6.07, 6.45) is -0.729. The number of aliphatic hydroxyl groups is 1. The van der Waals surface area contributed by atoms with Gasteiger partial charge in [-0.2, -0.15) is 12.6 Å². The smallest absolute Gasteiger partial charge is 0.407 e. The molecule has 48 heavy (non-hydrogen) atoms. The van der Waals surface area contributed by atoms with Crippen molar-refractivity contribution in [2.45, 2.75) is 75.1 Å². The summed E-state index contributed by atoms with van der Waals surface area (Å²) in [6.45, 7) is 6.88. The van der Waals surface area contributed by atoms with E-state index in [1.807, 2.05) is 88.5 Å². The molecule has 1 heterocycles. The Morgan fingerprint density at radius 1 is 1.00 bits per heavy atom. The van der Waals surface area contributed by atoms with Crippen LogP contribution in [0.5, 0.6) is 0 Å². The predicted molar refractivity (Wildman–Crippen MR) is 197 cm³/mol. The minimum Gasteiger partial charge on any atom is -0.448 e. The molecule has 6 atom stereocenters. The fourth-order valence-corrected chi connectivity index (χ4v) is 6.32. The van der Waals surface area contributed by atoms with Gasteiger partial charge in [0.05, 0.1) is 29.0 Å². The van der Waals surface area contributed by atoms with E-state index in [2.05, 4.69) is 38.9 Å². The number of rotatable bonds is 18. The molecule has 2 aromatic carbocycles. The van der Waals surface area contributed by atoms with Crippen molar-refractivity contribution in [3.05, 3.63) is 71.8 Å². The number of nitrogens with zero attached hydrogens (tertiary/aromatic N) is 2. The molecule has 0 radical (unpaired) electrons. The van der Waals surface area contributed by atoms with Crippen molar-refractivity contribution in [3.8, 4) is 0 Å². The van der Waals surface area contributed by atoms with E-state index in [1.54, 1.807) is 12.6 Å². The molecule has 2 aromatic rings. The lowest BCUT2D eigenvalue weighted by atomic mass is 9.93. The Labute approximate surface area is 294 Å². The van der Waals surface area contributed by atoms with Crippen molar-refractivity contribution < 1.29 is 24.2 Å². The number of carbonyl (C=O) groups excluding carboxylic acids is 3. The lowest BCUT2D eigenvalue weighted by Crippen LogP contribution is -2.56. The highest BCUT2D eigenvalue weighted by atomic mass is 32.2. The van der Waals surface area contributed by atoms with Crippen LogP contribution in [0.3, 0.4) is 0 Å². The first-order chi connectivity index (χ1) is 22.9. The number of amides is 4. The molecule has 3 rings (SSSR count). The number of urea groups is 1. The first-order valence-electron chi connectivity index (χ1n) is 16.4. The van der Waals surface area contributed by atoms with Crippen molar-refractivity contribution >= 4 is 48.0 Å². The van der Waals surface area contributed by atoms with Crippen LogP contribution in [0, 0.1) is 5.92 Å². The third-order valence-corrected chi connectivity index (χ3v) is 9.82. The fraction of sp³-hybridized carbons (Fsp3) is 0.543. The van der Waals surface area contributed by atoms with E-state index in [1.165, 1.54) is 16.7 Å². The number of thiol groups is 1. The molecule has 11 nitrogen and oxygen atoms in total. The van der Waals surface area contributed by atoms with Gasteiger partial charge in [0.2, 0.25) is 5.91 Å². The summed E-state index contributed by atoms with van der Waals surface area (Å²) in [5.74, 6) is -0.00493. The summed E-state index contributed by atoms with van der Waals surface area (Å²) in [5, 5.41) is 23.7. The number of carbonyl (C=O) groups is 3. The molecule has 0 saturated carbocycles. The highest BCUT2D eigenvalue weighted by Gasteiger charge is 2.33. The summed E-state index contributed by atoms with van der Waals surface area (Å²) < 4.78 is 5.26. The molecule has 0 bridgehead atoms. The number of ether oxygens (including phenoxy) is 1. The average molecular weight is 701 g/mol. The van der Waals surface area contributed by atoms with Gasteiger partial charge in [-0.05, 0) is 50.3 Å². The second-order valence-electron chi connectivity index (χ2n) is 12.9. The van der Waals surface area contributed by atoms with Gasteiger partial charge in [0.15, 0.2) is 0 Å². The van der Waals surface area contributed by atoms with Gasteiger partial charge in [0.25, 0.3) is 0 Å². The summed E-state index contributed by atoms with van der Waals surface area (Å²) in [4.78, 5) is 45.7. The quantitative estimate of drug-likeness (QED) is 0.131. The molecule has 4 amide bonds. The lowest BCUT2D eigenvalue weighted by molar-refractivity contribution is -0.124. The van der Waals surface area contributed by atoms with Gasteiger partial charge >= 0.3 is 12.1 Å². The molecule has 13 heteroatoms. The molecule has 5 N–H and O–H groups in total. The largest absolute Gasteiger partial charge is 0.448 e. The molecule has 0 aromatic heterocycles. The van der Waals surface area contributed by atoms with Crippen LogP contribution in [0.15, 0.2) is 65.7 Å². The number of hydrogen-bond donors (Lipinski definition) is 6. The number of aliphatic imine (C=N–C) groups is 1. The number of alkyl carbamates (subject to hydrolysis) is 1. The minimum absolute atomic E-state index is 0.000534. The molecule has 0 aliphatic carbocycles. The number of likely N-dealkylation sites (N-methyl/N-ethyl adjacent to an activating group) is 2. The normalized spacial score (nSPS) is 18.8. The maximum Gasteiger partial charge on any atom is 0.407 e.